The maximum Gasteiger partial charge on any atom is 0.191 e. The summed E-state index contributed by atoms with van der Waals surface area (Å²) < 4.78 is 5.91. The molecule has 25 heavy (non-hydrogen) atoms. The average molecular weight is 344 g/mol. The smallest absolute Gasteiger partial charge is 0.191 e. The first kappa shape index (κ1) is 18.2. The molecule has 4 unspecified atom stereocenters. The number of rotatable bonds is 5. The summed E-state index contributed by atoms with van der Waals surface area (Å²) in [7, 11) is 0. The molecule has 1 aliphatic heterocycles. The molecule has 0 amide bonds. The summed E-state index contributed by atoms with van der Waals surface area (Å²) in [6.07, 6.45) is 1.56. The van der Waals surface area contributed by atoms with Crippen molar-refractivity contribution in [3.8, 4) is 0 Å². The number of ether oxygens (including phenoxy) is 1. The van der Waals surface area contributed by atoms with Crippen molar-refractivity contribution in [2.24, 2.45) is 16.3 Å². The summed E-state index contributed by atoms with van der Waals surface area (Å²) in [5.74, 6) is 1.96. The largest absolute Gasteiger partial charge is 0.377 e. The molecule has 1 saturated carbocycles. The van der Waals surface area contributed by atoms with Gasteiger partial charge in [-0.25, -0.2) is 0 Å². The van der Waals surface area contributed by atoms with Crippen molar-refractivity contribution in [1.29, 1.82) is 0 Å². The summed E-state index contributed by atoms with van der Waals surface area (Å²) in [6, 6.07) is 9.17. The first-order chi connectivity index (χ1) is 11.9. The molecule has 0 aromatic heterocycles. The van der Waals surface area contributed by atoms with Crippen molar-refractivity contribution in [1.82, 2.24) is 10.6 Å². The minimum Gasteiger partial charge on any atom is -0.377 e. The number of hydrogen-bond donors (Lipinski definition) is 2. The van der Waals surface area contributed by atoms with E-state index in [9.17, 15) is 0 Å². The van der Waals surface area contributed by atoms with Gasteiger partial charge in [-0.15, -0.1) is 0 Å². The maximum atomic E-state index is 5.91. The number of nitrogens with one attached hydrogen (secondary N) is 2. The van der Waals surface area contributed by atoms with Gasteiger partial charge in [-0.2, -0.15) is 0 Å². The van der Waals surface area contributed by atoms with Gasteiger partial charge in [-0.05, 0) is 25.8 Å². The van der Waals surface area contributed by atoms with Gasteiger partial charge in [0.15, 0.2) is 5.96 Å². The van der Waals surface area contributed by atoms with E-state index in [1.54, 1.807) is 0 Å². The van der Waals surface area contributed by atoms with Crippen molar-refractivity contribution >= 4 is 5.96 Å². The monoisotopic (exact) mass is 343 g/mol. The molecular weight excluding hydrogens is 310 g/mol. The van der Waals surface area contributed by atoms with E-state index >= 15 is 0 Å². The van der Waals surface area contributed by atoms with Gasteiger partial charge < -0.3 is 15.4 Å². The second-order valence-electron chi connectivity index (χ2n) is 8.22. The van der Waals surface area contributed by atoms with Gasteiger partial charge in [-0.3, -0.25) is 4.99 Å². The molecule has 1 aromatic carbocycles. The van der Waals surface area contributed by atoms with Gasteiger partial charge in [0, 0.05) is 43.0 Å². The van der Waals surface area contributed by atoms with E-state index in [-0.39, 0.29) is 5.41 Å². The van der Waals surface area contributed by atoms with E-state index in [0.717, 1.165) is 32.1 Å². The fourth-order valence-electron chi connectivity index (χ4n) is 4.39. The molecule has 1 aromatic rings. The van der Waals surface area contributed by atoms with E-state index < -0.39 is 0 Å². The van der Waals surface area contributed by atoms with Gasteiger partial charge in [-0.1, -0.05) is 50.6 Å². The lowest BCUT2D eigenvalue weighted by atomic mass is 9.57. The third-order valence-corrected chi connectivity index (χ3v) is 5.87. The Balaban J connectivity index is 1.65. The molecule has 138 valence electrons. The zero-order valence-electron chi connectivity index (χ0n) is 16.3. The third-order valence-electron chi connectivity index (χ3n) is 5.87. The zero-order chi connectivity index (χ0) is 18.0. The predicted molar refractivity (Wildman–Crippen MR) is 104 cm³/mol. The molecule has 4 nitrogen and oxygen atoms in total. The van der Waals surface area contributed by atoms with Gasteiger partial charge in [0.05, 0.1) is 6.10 Å². The fourth-order valence-corrected chi connectivity index (χ4v) is 4.39. The lowest BCUT2D eigenvalue weighted by Gasteiger charge is -2.54. The number of benzene rings is 1. The number of hydrogen-bond acceptors (Lipinski definition) is 2. The Kier molecular flexibility index (Phi) is 5.38. The van der Waals surface area contributed by atoms with Crippen molar-refractivity contribution < 1.29 is 4.74 Å². The van der Waals surface area contributed by atoms with E-state index in [1.807, 2.05) is 0 Å². The molecule has 0 spiro atoms. The highest BCUT2D eigenvalue weighted by molar-refractivity contribution is 5.80. The van der Waals surface area contributed by atoms with Crippen LogP contribution in [0.15, 0.2) is 29.3 Å². The van der Waals surface area contributed by atoms with Crippen LogP contribution < -0.4 is 10.6 Å². The van der Waals surface area contributed by atoms with Crippen LogP contribution in [0.3, 0.4) is 0 Å². The Morgan fingerprint density at radius 1 is 1.40 bits per heavy atom. The molecule has 2 N–H and O–H groups in total. The van der Waals surface area contributed by atoms with E-state index in [4.69, 9.17) is 9.73 Å². The summed E-state index contributed by atoms with van der Waals surface area (Å²) >= 11 is 0. The molecule has 4 atom stereocenters. The normalized spacial score (nSPS) is 28.8. The van der Waals surface area contributed by atoms with Crippen LogP contribution in [0.1, 0.15) is 51.2 Å². The molecule has 4 heteroatoms. The predicted octanol–water partition coefficient (Wildman–Crippen LogP) is 3.47. The molecule has 1 heterocycles. The maximum absolute atomic E-state index is 5.91. The molecule has 3 rings (SSSR count). The van der Waals surface area contributed by atoms with Crippen molar-refractivity contribution in [3.05, 3.63) is 35.4 Å². The van der Waals surface area contributed by atoms with E-state index in [2.05, 4.69) is 69.5 Å². The quantitative estimate of drug-likeness (QED) is 0.636. The highest BCUT2D eigenvalue weighted by atomic mass is 16.5. The standard InChI is InChI=1S/C21H33N3O/c1-6-22-20(23-13-15(3)16-9-7-8-14(2)12-16)24-18-17-10-11-25-19(17)21(18,4)5/h7-9,12,15,17-19H,6,10-11,13H2,1-5H3,(H2,22,23,24). The van der Waals surface area contributed by atoms with Gasteiger partial charge in [0.1, 0.15) is 0 Å². The average Bonchev–Trinajstić information content (AvgIpc) is 3.04. The SMILES string of the molecule is CCNC(=NCC(C)c1cccc(C)c1)NC1C2CCOC2C1(C)C. The fraction of sp³-hybridized carbons (Fsp3) is 0.667. The van der Waals surface area contributed by atoms with Crippen LogP contribution in [0.4, 0.5) is 0 Å². The van der Waals surface area contributed by atoms with Gasteiger partial charge >= 0.3 is 0 Å². The Bertz CT molecular complexity index is 625. The molecule has 0 bridgehead atoms. The highest BCUT2D eigenvalue weighted by Gasteiger charge is 2.59. The van der Waals surface area contributed by atoms with Crippen LogP contribution in [0.25, 0.3) is 0 Å². The van der Waals surface area contributed by atoms with Crippen LogP contribution in [0, 0.1) is 18.3 Å². The number of nitrogens with zero attached hydrogens (tertiary/aromatic N) is 1. The first-order valence-electron chi connectivity index (χ1n) is 9.66. The minimum atomic E-state index is 0.166. The molecule has 1 saturated heterocycles. The molecular formula is C21H33N3O. The Morgan fingerprint density at radius 3 is 2.92 bits per heavy atom. The van der Waals surface area contributed by atoms with Crippen molar-refractivity contribution in [2.45, 2.75) is 59.1 Å². The van der Waals surface area contributed by atoms with Gasteiger partial charge in [0.25, 0.3) is 0 Å². The van der Waals surface area contributed by atoms with Crippen LogP contribution >= 0.6 is 0 Å². The molecule has 1 aliphatic carbocycles. The van der Waals surface area contributed by atoms with E-state index in [0.29, 0.717) is 24.0 Å². The minimum absolute atomic E-state index is 0.166. The lowest BCUT2D eigenvalue weighted by molar-refractivity contribution is -0.106. The van der Waals surface area contributed by atoms with Crippen LogP contribution in [0.5, 0.6) is 0 Å². The van der Waals surface area contributed by atoms with Gasteiger partial charge in [0.2, 0.25) is 0 Å². The Labute approximate surface area is 152 Å². The number of guanidine groups is 1. The highest BCUT2D eigenvalue weighted by Crippen LogP contribution is 2.52. The Hall–Kier alpha value is -1.55. The number of aliphatic imine (C=N–C) groups is 1. The van der Waals surface area contributed by atoms with Crippen LogP contribution in [-0.2, 0) is 4.74 Å². The molecule has 0 radical (unpaired) electrons. The second-order valence-corrected chi connectivity index (χ2v) is 8.22. The van der Waals surface area contributed by atoms with Crippen LogP contribution in [0.2, 0.25) is 0 Å². The summed E-state index contributed by atoms with van der Waals surface area (Å²) in [5.41, 5.74) is 2.83. The Morgan fingerprint density at radius 2 is 2.20 bits per heavy atom. The van der Waals surface area contributed by atoms with Crippen molar-refractivity contribution in [3.63, 3.8) is 0 Å². The third kappa shape index (κ3) is 3.69. The summed E-state index contributed by atoms with van der Waals surface area (Å²) in [4.78, 5) is 4.87. The first-order valence-corrected chi connectivity index (χ1v) is 9.66. The second kappa shape index (κ2) is 7.36. The topological polar surface area (TPSA) is 45.7 Å². The number of aryl methyl sites for hydroxylation is 1. The van der Waals surface area contributed by atoms with Crippen molar-refractivity contribution in [2.75, 3.05) is 19.7 Å². The van der Waals surface area contributed by atoms with Crippen LogP contribution in [-0.4, -0.2) is 37.8 Å². The molecule has 2 fully saturated rings. The lowest BCUT2D eigenvalue weighted by Crippen LogP contribution is -2.68. The molecule has 2 aliphatic rings. The number of fused-ring (bicyclic) bond motifs is 1. The zero-order valence-corrected chi connectivity index (χ0v) is 16.3. The summed E-state index contributed by atoms with van der Waals surface area (Å²) in [6.45, 7) is 13.7. The van der Waals surface area contributed by atoms with E-state index in [1.165, 1.54) is 11.1 Å². The summed E-state index contributed by atoms with van der Waals surface area (Å²) in [5, 5.41) is 7.11.